The third kappa shape index (κ3) is 3.81. The zero-order chi connectivity index (χ0) is 22.3. The van der Waals surface area contributed by atoms with Crippen LogP contribution in [0.4, 0.5) is 5.69 Å². The highest BCUT2D eigenvalue weighted by Gasteiger charge is 2.20. The molecular weight excluding hydrogens is 418 g/mol. The first-order chi connectivity index (χ1) is 14.7. The van der Waals surface area contributed by atoms with Crippen molar-refractivity contribution < 1.29 is 17.9 Å². The molecule has 0 spiro atoms. The van der Waals surface area contributed by atoms with E-state index in [1.54, 1.807) is 39.7 Å². The van der Waals surface area contributed by atoms with Crippen LogP contribution in [0.15, 0.2) is 52.2 Å². The number of hydrogen-bond acceptors (Lipinski definition) is 5. The summed E-state index contributed by atoms with van der Waals surface area (Å²) in [5.41, 5.74) is 2.52. The third-order valence-corrected chi connectivity index (χ3v) is 6.76. The SMILES string of the molecule is Cc1c(C(C)C)c(=O)n(-c2ccc(S(=O)(=O)Nc3ccc4c(c3)OCCO4)cc2)n1C. The fourth-order valence-electron chi connectivity index (χ4n) is 3.77. The van der Waals surface area contributed by atoms with Crippen LogP contribution in [0.5, 0.6) is 11.5 Å². The van der Waals surface area contributed by atoms with Crippen LogP contribution < -0.4 is 19.8 Å². The number of aromatic nitrogens is 2. The Labute approximate surface area is 181 Å². The van der Waals surface area contributed by atoms with Crippen molar-refractivity contribution in [2.45, 2.75) is 31.6 Å². The first-order valence-corrected chi connectivity index (χ1v) is 11.5. The van der Waals surface area contributed by atoms with Gasteiger partial charge in [0.2, 0.25) is 0 Å². The molecule has 0 amide bonds. The maximum absolute atomic E-state index is 12.9. The fourth-order valence-corrected chi connectivity index (χ4v) is 4.82. The molecule has 8 nitrogen and oxygen atoms in total. The molecule has 2 aromatic carbocycles. The molecule has 0 saturated carbocycles. The summed E-state index contributed by atoms with van der Waals surface area (Å²) >= 11 is 0. The Bertz CT molecular complexity index is 1290. The van der Waals surface area contributed by atoms with Crippen LogP contribution >= 0.6 is 0 Å². The van der Waals surface area contributed by atoms with E-state index in [4.69, 9.17) is 9.47 Å². The van der Waals surface area contributed by atoms with Crippen LogP contribution in [0, 0.1) is 6.92 Å². The molecule has 0 fully saturated rings. The minimum absolute atomic E-state index is 0.0919. The van der Waals surface area contributed by atoms with Gasteiger partial charge < -0.3 is 9.47 Å². The highest BCUT2D eigenvalue weighted by atomic mass is 32.2. The largest absolute Gasteiger partial charge is 0.486 e. The summed E-state index contributed by atoms with van der Waals surface area (Å²) in [7, 11) is -2.00. The molecule has 1 N–H and O–H groups in total. The Hall–Kier alpha value is -3.20. The predicted molar refractivity (Wildman–Crippen MR) is 118 cm³/mol. The lowest BCUT2D eigenvalue weighted by Crippen LogP contribution is -2.21. The molecule has 0 aliphatic carbocycles. The van der Waals surface area contributed by atoms with Crippen molar-refractivity contribution in [1.29, 1.82) is 0 Å². The predicted octanol–water partition coefficient (Wildman–Crippen LogP) is 3.18. The monoisotopic (exact) mass is 443 g/mol. The Kier molecular flexibility index (Phi) is 5.30. The van der Waals surface area contributed by atoms with Gasteiger partial charge in [0.05, 0.1) is 16.3 Å². The molecule has 0 radical (unpaired) electrons. The van der Waals surface area contributed by atoms with Crippen LogP contribution in [0.2, 0.25) is 0 Å². The van der Waals surface area contributed by atoms with Crippen LogP contribution in [-0.4, -0.2) is 31.0 Å². The molecule has 2 heterocycles. The van der Waals surface area contributed by atoms with Crippen molar-refractivity contribution in [2.24, 2.45) is 7.05 Å². The lowest BCUT2D eigenvalue weighted by atomic mass is 10.0. The quantitative estimate of drug-likeness (QED) is 0.654. The molecule has 1 aromatic heterocycles. The zero-order valence-corrected chi connectivity index (χ0v) is 18.7. The highest BCUT2D eigenvalue weighted by molar-refractivity contribution is 7.92. The van der Waals surface area contributed by atoms with E-state index in [-0.39, 0.29) is 16.4 Å². The summed E-state index contributed by atoms with van der Waals surface area (Å²) in [6, 6.07) is 11.1. The molecule has 1 aliphatic rings. The molecule has 9 heteroatoms. The van der Waals surface area contributed by atoms with Gasteiger partial charge >= 0.3 is 0 Å². The molecular formula is C22H25N3O5S. The number of hydrogen-bond donors (Lipinski definition) is 1. The van der Waals surface area contributed by atoms with Gasteiger partial charge in [-0.25, -0.2) is 13.1 Å². The average Bonchev–Trinajstić information content (AvgIpc) is 2.96. The molecule has 0 saturated heterocycles. The van der Waals surface area contributed by atoms with Gasteiger partial charge in [-0.05, 0) is 49.2 Å². The lowest BCUT2D eigenvalue weighted by molar-refractivity contribution is 0.171. The van der Waals surface area contributed by atoms with Gasteiger partial charge in [-0.3, -0.25) is 14.2 Å². The van der Waals surface area contributed by atoms with E-state index in [1.807, 2.05) is 27.8 Å². The van der Waals surface area contributed by atoms with E-state index in [2.05, 4.69) is 4.72 Å². The fraction of sp³-hybridized carbons (Fsp3) is 0.318. The minimum Gasteiger partial charge on any atom is -0.486 e. The van der Waals surface area contributed by atoms with Gasteiger partial charge in [-0.15, -0.1) is 0 Å². The Morgan fingerprint density at radius 1 is 1.00 bits per heavy atom. The van der Waals surface area contributed by atoms with Gasteiger partial charge in [-0.2, -0.15) is 0 Å². The second kappa shape index (κ2) is 7.81. The van der Waals surface area contributed by atoms with Gasteiger partial charge in [0.1, 0.15) is 13.2 Å². The number of rotatable bonds is 5. The molecule has 31 heavy (non-hydrogen) atoms. The van der Waals surface area contributed by atoms with Gasteiger partial charge in [-0.1, -0.05) is 13.8 Å². The van der Waals surface area contributed by atoms with E-state index in [9.17, 15) is 13.2 Å². The van der Waals surface area contributed by atoms with Crippen molar-refractivity contribution in [3.05, 3.63) is 64.1 Å². The summed E-state index contributed by atoms with van der Waals surface area (Å²) in [6.45, 7) is 6.75. The number of benzene rings is 2. The summed E-state index contributed by atoms with van der Waals surface area (Å²) in [4.78, 5) is 13.0. The molecule has 164 valence electrons. The van der Waals surface area contributed by atoms with Crippen molar-refractivity contribution >= 4 is 15.7 Å². The second-order valence-corrected chi connectivity index (χ2v) is 9.43. The van der Waals surface area contributed by atoms with E-state index in [1.165, 1.54) is 12.1 Å². The first-order valence-electron chi connectivity index (χ1n) is 10.0. The zero-order valence-electron chi connectivity index (χ0n) is 17.9. The molecule has 3 aromatic rings. The highest BCUT2D eigenvalue weighted by Crippen LogP contribution is 2.33. The van der Waals surface area contributed by atoms with Gasteiger partial charge in [0.25, 0.3) is 15.6 Å². The average molecular weight is 444 g/mol. The molecule has 0 atom stereocenters. The number of fused-ring (bicyclic) bond motifs is 1. The Balaban J connectivity index is 1.62. The van der Waals surface area contributed by atoms with Gasteiger partial charge in [0.15, 0.2) is 11.5 Å². The van der Waals surface area contributed by atoms with Crippen molar-refractivity contribution in [1.82, 2.24) is 9.36 Å². The molecule has 1 aliphatic heterocycles. The number of sulfonamides is 1. The van der Waals surface area contributed by atoms with Crippen molar-refractivity contribution in [2.75, 3.05) is 17.9 Å². The normalized spacial score (nSPS) is 13.5. The van der Waals surface area contributed by atoms with Crippen molar-refractivity contribution in [3.63, 3.8) is 0 Å². The summed E-state index contributed by atoms with van der Waals surface area (Å²) in [5, 5.41) is 0. The van der Waals surface area contributed by atoms with Crippen molar-refractivity contribution in [3.8, 4) is 17.2 Å². The standard InChI is InChI=1S/C22H25N3O5S/c1-14(2)21-15(3)24(4)25(22(21)26)17-6-8-18(9-7-17)31(27,28)23-16-5-10-19-20(13-16)30-12-11-29-19/h5-10,13-14,23H,11-12H2,1-4H3. The summed E-state index contributed by atoms with van der Waals surface area (Å²) in [6.07, 6.45) is 0. The third-order valence-electron chi connectivity index (χ3n) is 5.36. The number of nitrogens with zero attached hydrogens (tertiary/aromatic N) is 2. The number of nitrogens with one attached hydrogen (secondary N) is 1. The lowest BCUT2D eigenvalue weighted by Gasteiger charge is -2.19. The van der Waals surface area contributed by atoms with E-state index >= 15 is 0 Å². The van der Waals surface area contributed by atoms with E-state index in [0.29, 0.717) is 36.1 Å². The van der Waals surface area contributed by atoms with Crippen LogP contribution in [0.3, 0.4) is 0 Å². The van der Waals surface area contributed by atoms with Crippen LogP contribution in [0.1, 0.15) is 31.0 Å². The maximum Gasteiger partial charge on any atom is 0.275 e. The van der Waals surface area contributed by atoms with Crippen LogP contribution in [0.25, 0.3) is 5.69 Å². The second-order valence-electron chi connectivity index (χ2n) is 7.75. The number of anilines is 1. The van der Waals surface area contributed by atoms with Gasteiger partial charge in [0, 0.05) is 24.4 Å². The molecule has 4 rings (SSSR count). The maximum atomic E-state index is 12.9. The molecule has 0 bridgehead atoms. The minimum atomic E-state index is -3.82. The number of ether oxygens (including phenoxy) is 2. The van der Waals surface area contributed by atoms with E-state index in [0.717, 1.165) is 11.3 Å². The van der Waals surface area contributed by atoms with E-state index < -0.39 is 10.0 Å². The first kappa shape index (κ1) is 21.0. The summed E-state index contributed by atoms with van der Waals surface area (Å²) in [5.74, 6) is 1.18. The topological polar surface area (TPSA) is 91.6 Å². The Morgan fingerprint density at radius 2 is 1.65 bits per heavy atom. The van der Waals surface area contributed by atoms with Crippen LogP contribution in [-0.2, 0) is 17.1 Å². The smallest absolute Gasteiger partial charge is 0.275 e. The Morgan fingerprint density at radius 3 is 2.26 bits per heavy atom. The summed E-state index contributed by atoms with van der Waals surface area (Å²) < 4.78 is 42.5. The molecule has 0 unspecified atom stereocenters.